The largest absolute Gasteiger partial charge is 0.481 e. The Labute approximate surface area is 138 Å². The van der Waals surface area contributed by atoms with Crippen molar-refractivity contribution in [2.75, 3.05) is 17.6 Å². The van der Waals surface area contributed by atoms with Crippen LogP contribution in [0.4, 0.5) is 5.69 Å². The maximum absolute atomic E-state index is 12.1. The van der Waals surface area contributed by atoms with Crippen molar-refractivity contribution in [2.45, 2.75) is 45.8 Å². The van der Waals surface area contributed by atoms with E-state index in [-0.39, 0.29) is 11.4 Å². The van der Waals surface area contributed by atoms with E-state index >= 15 is 0 Å². The van der Waals surface area contributed by atoms with Crippen LogP contribution in [0.3, 0.4) is 0 Å². The lowest BCUT2D eigenvalue weighted by atomic mass is 10.0. The third kappa shape index (κ3) is 5.74. The van der Waals surface area contributed by atoms with Crippen LogP contribution in [0.5, 0.6) is 5.75 Å². The number of hydrogen-bond acceptors (Lipinski definition) is 4. The number of nitrogens with zero attached hydrogens (tertiary/aromatic N) is 1. The zero-order valence-electron chi connectivity index (χ0n) is 14.6. The predicted molar refractivity (Wildman–Crippen MR) is 92.3 cm³/mol. The molecule has 0 bridgehead atoms. The van der Waals surface area contributed by atoms with Crippen molar-refractivity contribution in [2.24, 2.45) is 0 Å². The summed E-state index contributed by atoms with van der Waals surface area (Å²) in [6.07, 6.45) is 1.32. The van der Waals surface area contributed by atoms with Crippen molar-refractivity contribution < 1.29 is 17.9 Å². The van der Waals surface area contributed by atoms with Crippen molar-refractivity contribution in [1.29, 1.82) is 0 Å². The predicted octanol–water partition coefficient (Wildman–Crippen LogP) is 2.15. The molecule has 0 aliphatic carbocycles. The number of hydrogen-bond donors (Lipinski definition) is 1. The molecule has 1 aromatic rings. The molecule has 0 heterocycles. The van der Waals surface area contributed by atoms with Crippen LogP contribution in [0.1, 0.15) is 34.1 Å². The van der Waals surface area contributed by atoms with E-state index in [0.29, 0.717) is 11.4 Å². The van der Waals surface area contributed by atoms with Gasteiger partial charge in [0.05, 0.1) is 11.9 Å². The fraction of sp³-hybridized carbons (Fsp3) is 0.562. The van der Waals surface area contributed by atoms with Crippen molar-refractivity contribution in [3.05, 3.63) is 24.3 Å². The van der Waals surface area contributed by atoms with Gasteiger partial charge in [0, 0.05) is 12.6 Å². The molecule has 1 atom stereocenters. The molecular formula is C16H26N2O4S. The van der Waals surface area contributed by atoms with Crippen LogP contribution >= 0.6 is 0 Å². The lowest BCUT2D eigenvalue weighted by molar-refractivity contribution is -0.128. The molecule has 0 aromatic heterocycles. The normalized spacial score (nSPS) is 13.3. The van der Waals surface area contributed by atoms with Crippen molar-refractivity contribution in [3.63, 3.8) is 0 Å². The summed E-state index contributed by atoms with van der Waals surface area (Å²) in [5.41, 5.74) is 0.251. The molecule has 0 saturated carbocycles. The van der Waals surface area contributed by atoms with E-state index in [9.17, 15) is 13.2 Å². The first kappa shape index (κ1) is 19.3. The Kier molecular flexibility index (Phi) is 6.04. The van der Waals surface area contributed by atoms with Gasteiger partial charge >= 0.3 is 0 Å². The second-order valence-electron chi connectivity index (χ2n) is 6.21. The Morgan fingerprint density at radius 2 is 1.83 bits per heavy atom. The molecule has 0 aliphatic heterocycles. The van der Waals surface area contributed by atoms with E-state index in [1.54, 1.807) is 31.2 Å². The lowest BCUT2D eigenvalue weighted by Gasteiger charge is -2.26. The molecule has 130 valence electrons. The highest BCUT2D eigenvalue weighted by atomic mass is 32.2. The summed E-state index contributed by atoms with van der Waals surface area (Å²) in [5.74, 6) is 0.321. The number of carbonyl (C=O) groups excluding carboxylic acids is 1. The lowest BCUT2D eigenvalue weighted by Crippen LogP contribution is -2.48. The molecule has 0 radical (unpaired) electrons. The van der Waals surface area contributed by atoms with Crippen LogP contribution < -0.4 is 14.4 Å². The minimum absolute atomic E-state index is 0.186. The second kappa shape index (κ2) is 7.21. The van der Waals surface area contributed by atoms with E-state index in [4.69, 9.17) is 4.74 Å². The summed E-state index contributed by atoms with van der Waals surface area (Å²) >= 11 is 0. The monoisotopic (exact) mass is 342 g/mol. The first-order valence-electron chi connectivity index (χ1n) is 7.49. The number of anilines is 1. The first-order chi connectivity index (χ1) is 10.5. The summed E-state index contributed by atoms with van der Waals surface area (Å²) in [6.45, 7) is 7.58. The highest BCUT2D eigenvalue weighted by Crippen LogP contribution is 2.21. The number of nitrogens with one attached hydrogen (secondary N) is 1. The quantitative estimate of drug-likeness (QED) is 0.824. The van der Waals surface area contributed by atoms with Gasteiger partial charge in [-0.05, 0) is 51.5 Å². The molecule has 1 rings (SSSR count). The van der Waals surface area contributed by atoms with E-state index in [2.05, 4.69) is 5.32 Å². The molecule has 0 fully saturated rings. The van der Waals surface area contributed by atoms with Gasteiger partial charge in [0.15, 0.2) is 6.10 Å². The number of carbonyl (C=O) groups is 1. The van der Waals surface area contributed by atoms with Gasteiger partial charge in [0.1, 0.15) is 5.75 Å². The van der Waals surface area contributed by atoms with Gasteiger partial charge in [0.25, 0.3) is 5.91 Å². The van der Waals surface area contributed by atoms with Gasteiger partial charge < -0.3 is 10.1 Å². The maximum Gasteiger partial charge on any atom is 0.261 e. The van der Waals surface area contributed by atoms with Crippen LogP contribution in [0.25, 0.3) is 0 Å². The number of sulfonamides is 1. The minimum atomic E-state index is -3.30. The second-order valence-corrected chi connectivity index (χ2v) is 8.22. The molecule has 0 aliphatic rings. The molecule has 1 amide bonds. The highest BCUT2D eigenvalue weighted by molar-refractivity contribution is 7.92. The average molecular weight is 342 g/mol. The summed E-state index contributed by atoms with van der Waals surface area (Å²) in [4.78, 5) is 12.1. The Hall–Kier alpha value is -1.76. The molecular weight excluding hydrogens is 316 g/mol. The van der Waals surface area contributed by atoms with Gasteiger partial charge in [-0.1, -0.05) is 6.92 Å². The number of ether oxygens (including phenoxy) is 1. The standard InChI is InChI=1S/C16H26N2O4S/c1-7-16(3,4)17-15(19)12(2)22-14-10-8-13(9-11-14)18(5)23(6,20)21/h8-12H,7H2,1-6H3,(H,17,19). The van der Waals surface area contributed by atoms with Gasteiger partial charge in [-0.25, -0.2) is 8.42 Å². The van der Waals surface area contributed by atoms with Crippen LogP contribution in [0.15, 0.2) is 24.3 Å². The van der Waals surface area contributed by atoms with E-state index in [0.717, 1.165) is 12.7 Å². The minimum Gasteiger partial charge on any atom is -0.481 e. The number of benzene rings is 1. The summed E-state index contributed by atoms with van der Waals surface area (Å²) in [5, 5.41) is 2.92. The molecule has 7 heteroatoms. The van der Waals surface area contributed by atoms with Gasteiger partial charge in [0.2, 0.25) is 10.0 Å². The van der Waals surface area contributed by atoms with Gasteiger partial charge in [-0.3, -0.25) is 9.10 Å². The Balaban J connectivity index is 2.73. The maximum atomic E-state index is 12.1. The van der Waals surface area contributed by atoms with Crippen LogP contribution in [0, 0.1) is 0 Å². The van der Waals surface area contributed by atoms with Gasteiger partial charge in [-0.2, -0.15) is 0 Å². The molecule has 23 heavy (non-hydrogen) atoms. The van der Waals surface area contributed by atoms with Crippen LogP contribution in [-0.4, -0.2) is 39.3 Å². The molecule has 0 saturated heterocycles. The Morgan fingerprint density at radius 1 is 1.30 bits per heavy atom. The van der Waals surface area contributed by atoms with Crippen molar-refractivity contribution in [1.82, 2.24) is 5.32 Å². The third-order valence-corrected chi connectivity index (χ3v) is 4.93. The Morgan fingerprint density at radius 3 is 2.26 bits per heavy atom. The molecule has 1 unspecified atom stereocenters. The highest BCUT2D eigenvalue weighted by Gasteiger charge is 2.23. The smallest absolute Gasteiger partial charge is 0.261 e. The fourth-order valence-electron chi connectivity index (χ4n) is 1.71. The number of rotatable bonds is 7. The van der Waals surface area contributed by atoms with E-state index in [1.165, 1.54) is 11.4 Å². The van der Waals surface area contributed by atoms with Gasteiger partial charge in [-0.15, -0.1) is 0 Å². The Bertz CT molecular complexity index is 639. The third-order valence-electron chi connectivity index (χ3n) is 3.73. The zero-order chi connectivity index (χ0) is 17.8. The average Bonchev–Trinajstić information content (AvgIpc) is 2.46. The zero-order valence-corrected chi connectivity index (χ0v) is 15.4. The van der Waals surface area contributed by atoms with Crippen molar-refractivity contribution in [3.8, 4) is 5.75 Å². The van der Waals surface area contributed by atoms with Crippen LogP contribution in [-0.2, 0) is 14.8 Å². The van der Waals surface area contributed by atoms with Crippen molar-refractivity contribution >= 4 is 21.6 Å². The molecule has 1 N–H and O–H groups in total. The number of amides is 1. The summed E-state index contributed by atoms with van der Waals surface area (Å²) in [6, 6.07) is 6.56. The fourth-order valence-corrected chi connectivity index (χ4v) is 2.21. The SMILES string of the molecule is CCC(C)(C)NC(=O)C(C)Oc1ccc(N(C)S(C)(=O)=O)cc1. The van der Waals surface area contributed by atoms with E-state index in [1.807, 2.05) is 20.8 Å². The first-order valence-corrected chi connectivity index (χ1v) is 9.34. The molecule has 6 nitrogen and oxygen atoms in total. The molecule has 1 aromatic carbocycles. The van der Waals surface area contributed by atoms with E-state index < -0.39 is 16.1 Å². The molecule has 0 spiro atoms. The topological polar surface area (TPSA) is 75.7 Å². The summed E-state index contributed by atoms with van der Waals surface area (Å²) in [7, 11) is -1.82. The summed E-state index contributed by atoms with van der Waals surface area (Å²) < 4.78 is 29.8. The van der Waals surface area contributed by atoms with Crippen LogP contribution in [0.2, 0.25) is 0 Å².